The van der Waals surface area contributed by atoms with E-state index >= 15 is 0 Å². The van der Waals surface area contributed by atoms with Crippen LogP contribution in [0, 0.1) is 16.7 Å². The van der Waals surface area contributed by atoms with E-state index < -0.39 is 61.3 Å². The summed E-state index contributed by atoms with van der Waals surface area (Å²) in [6, 6.07) is 2.67. The largest absolute Gasteiger partial charge is 0.416 e. The number of alkyl halides is 6. The van der Waals surface area contributed by atoms with Crippen molar-refractivity contribution in [3.05, 3.63) is 39.6 Å². The minimum atomic E-state index is -4.76. The highest BCUT2D eigenvalue weighted by atomic mass is 35.5. The van der Waals surface area contributed by atoms with Gasteiger partial charge >= 0.3 is 12.4 Å². The maximum atomic E-state index is 13.4. The minimum absolute atomic E-state index is 0.297. The van der Waals surface area contributed by atoms with Gasteiger partial charge in [-0.2, -0.15) is 36.7 Å². The summed E-state index contributed by atoms with van der Waals surface area (Å²) in [7, 11) is -4.31. The molecule has 0 amide bonds. The summed E-state index contributed by atoms with van der Waals surface area (Å²) in [5.74, 6) is 0. The van der Waals surface area contributed by atoms with Gasteiger partial charge < -0.3 is 0 Å². The van der Waals surface area contributed by atoms with Gasteiger partial charge in [0.05, 0.1) is 33.5 Å². The average molecular weight is 521 g/mol. The van der Waals surface area contributed by atoms with E-state index in [2.05, 4.69) is 5.10 Å². The molecular weight excluding hydrogens is 509 g/mol. The molecule has 1 aliphatic rings. The van der Waals surface area contributed by atoms with Crippen molar-refractivity contribution < 1.29 is 34.8 Å². The molecule has 1 aromatic carbocycles. The Hall–Kier alpha value is -2.17. The lowest BCUT2D eigenvalue weighted by Crippen LogP contribution is -2.41. The Kier molecular flexibility index (Phi) is 5.89. The highest BCUT2D eigenvalue weighted by Crippen LogP contribution is 2.58. The molecule has 0 radical (unpaired) electrons. The predicted octanol–water partition coefficient (Wildman–Crippen LogP) is 5.18. The number of aromatic nitrogens is 2. The molecule has 1 fully saturated rings. The number of benzene rings is 1. The molecule has 1 heterocycles. The van der Waals surface area contributed by atoms with Gasteiger partial charge in [0.15, 0.2) is 5.69 Å². The number of hydrogen-bond donors (Lipinski definition) is 0. The Balaban J connectivity index is 2.13. The van der Waals surface area contributed by atoms with Gasteiger partial charge in [0.2, 0.25) is 10.0 Å². The van der Waals surface area contributed by atoms with E-state index in [4.69, 9.17) is 23.2 Å². The second kappa shape index (κ2) is 7.71. The van der Waals surface area contributed by atoms with Crippen molar-refractivity contribution in [1.82, 2.24) is 9.78 Å². The van der Waals surface area contributed by atoms with Crippen molar-refractivity contribution in [2.45, 2.75) is 25.2 Å². The molecule has 174 valence electrons. The highest BCUT2D eigenvalue weighted by molar-refractivity contribution is 7.92. The maximum Gasteiger partial charge on any atom is 0.416 e. The number of nitriles is 1. The van der Waals surface area contributed by atoms with Crippen LogP contribution in [0.5, 0.6) is 0 Å². The SMILES string of the molecule is CS(=O)(=O)N(CC1(C(F)(F)F)CC1)c1cn(-c2c(Cl)cc(C(F)(F)F)cc2Cl)nc1C#N. The van der Waals surface area contributed by atoms with Crippen LogP contribution in [0.3, 0.4) is 0 Å². The van der Waals surface area contributed by atoms with Gasteiger partial charge in [-0.15, -0.1) is 0 Å². The number of nitrogens with zero attached hydrogens (tertiary/aromatic N) is 4. The topological polar surface area (TPSA) is 79.0 Å². The normalized spacial score (nSPS) is 16.0. The van der Waals surface area contributed by atoms with Crippen LogP contribution in [-0.2, 0) is 16.2 Å². The second-order valence-corrected chi connectivity index (χ2v) is 9.97. The number of anilines is 1. The lowest BCUT2D eigenvalue weighted by molar-refractivity contribution is -0.183. The predicted molar refractivity (Wildman–Crippen MR) is 103 cm³/mol. The number of sulfonamides is 1. The quantitative estimate of drug-likeness (QED) is 0.509. The van der Waals surface area contributed by atoms with E-state index in [0.717, 1.165) is 10.9 Å². The van der Waals surface area contributed by atoms with Crippen molar-refractivity contribution >= 4 is 38.9 Å². The summed E-state index contributed by atoms with van der Waals surface area (Å²) >= 11 is 11.8. The van der Waals surface area contributed by atoms with Crippen LogP contribution < -0.4 is 4.31 Å². The van der Waals surface area contributed by atoms with Gasteiger partial charge in [0.25, 0.3) is 0 Å². The lowest BCUT2D eigenvalue weighted by atomic mass is 10.1. The maximum absolute atomic E-state index is 13.4. The number of rotatable bonds is 5. The summed E-state index contributed by atoms with van der Waals surface area (Å²) in [6.45, 7) is -0.982. The molecule has 6 nitrogen and oxygen atoms in total. The Morgan fingerprint density at radius 3 is 2.09 bits per heavy atom. The van der Waals surface area contributed by atoms with E-state index in [9.17, 15) is 40.0 Å². The zero-order chi connectivity index (χ0) is 24.3. The van der Waals surface area contributed by atoms with Gasteiger partial charge in [-0.3, -0.25) is 4.31 Å². The molecule has 3 rings (SSSR count). The van der Waals surface area contributed by atoms with Crippen LogP contribution in [0.15, 0.2) is 18.3 Å². The standard InChI is InChI=1S/C17H12Cl2F6N4O2S/c1-32(30,31)29(8-15(2-3-15)17(23,24)25)13-7-28(27-12(13)6-26)14-10(18)4-9(5-11(14)19)16(20,21)22/h4-5,7H,2-3,8H2,1H3. The summed E-state index contributed by atoms with van der Waals surface area (Å²) < 4.78 is 105. The van der Waals surface area contributed by atoms with Gasteiger partial charge in [-0.1, -0.05) is 23.2 Å². The zero-order valence-corrected chi connectivity index (χ0v) is 18.2. The first-order valence-corrected chi connectivity index (χ1v) is 11.2. The van der Waals surface area contributed by atoms with Crippen LogP contribution in [0.1, 0.15) is 24.1 Å². The van der Waals surface area contributed by atoms with Crippen LogP contribution >= 0.6 is 23.2 Å². The van der Waals surface area contributed by atoms with Gasteiger partial charge in [0, 0.05) is 6.54 Å². The monoisotopic (exact) mass is 520 g/mol. The first-order valence-electron chi connectivity index (χ1n) is 8.61. The smallest absolute Gasteiger partial charge is 0.265 e. The average Bonchev–Trinajstić information content (AvgIpc) is 3.31. The van der Waals surface area contributed by atoms with Crippen LogP contribution in [0.25, 0.3) is 5.69 Å². The zero-order valence-electron chi connectivity index (χ0n) is 15.9. The molecule has 1 aliphatic carbocycles. The van der Waals surface area contributed by atoms with E-state index in [1.54, 1.807) is 6.07 Å². The number of hydrogen-bond acceptors (Lipinski definition) is 4. The lowest BCUT2D eigenvalue weighted by Gasteiger charge is -2.28. The van der Waals surface area contributed by atoms with Crippen molar-refractivity contribution in [2.75, 3.05) is 17.1 Å². The molecule has 32 heavy (non-hydrogen) atoms. The number of halogens is 8. The van der Waals surface area contributed by atoms with E-state index in [0.29, 0.717) is 22.7 Å². The Morgan fingerprint density at radius 2 is 1.72 bits per heavy atom. The fraction of sp³-hybridized carbons (Fsp3) is 0.412. The minimum Gasteiger partial charge on any atom is -0.265 e. The van der Waals surface area contributed by atoms with Gasteiger partial charge in [-0.25, -0.2) is 13.1 Å². The van der Waals surface area contributed by atoms with Crippen molar-refractivity contribution in [3.63, 3.8) is 0 Å². The van der Waals surface area contributed by atoms with Gasteiger partial charge in [0.1, 0.15) is 17.4 Å². The first-order chi connectivity index (χ1) is 14.5. The van der Waals surface area contributed by atoms with Crippen LogP contribution in [0.4, 0.5) is 32.0 Å². The van der Waals surface area contributed by atoms with E-state index in [-0.39, 0.29) is 18.5 Å². The fourth-order valence-corrected chi connectivity index (χ4v) is 4.66. The summed E-state index contributed by atoms with van der Waals surface area (Å²) in [4.78, 5) is 0. The highest BCUT2D eigenvalue weighted by Gasteiger charge is 2.64. The molecule has 0 atom stereocenters. The van der Waals surface area contributed by atoms with Crippen molar-refractivity contribution in [1.29, 1.82) is 5.26 Å². The van der Waals surface area contributed by atoms with Gasteiger partial charge in [-0.05, 0) is 25.0 Å². The van der Waals surface area contributed by atoms with E-state index in [1.165, 1.54) is 0 Å². The molecule has 0 unspecified atom stereocenters. The summed E-state index contributed by atoms with van der Waals surface area (Å²) in [5.41, 5.74) is -4.82. The molecule has 0 bridgehead atoms. The molecular formula is C17H12Cl2F6N4O2S. The molecule has 0 N–H and O–H groups in total. The Morgan fingerprint density at radius 1 is 1.19 bits per heavy atom. The summed E-state index contributed by atoms with van der Waals surface area (Å²) in [5, 5.41) is 12.1. The van der Waals surface area contributed by atoms with Crippen LogP contribution in [0.2, 0.25) is 10.0 Å². The first kappa shape index (κ1) is 24.5. The van der Waals surface area contributed by atoms with E-state index in [1.807, 2.05) is 0 Å². The third kappa shape index (κ3) is 4.49. The molecule has 1 aromatic heterocycles. The molecule has 2 aromatic rings. The third-order valence-corrected chi connectivity index (χ3v) is 6.65. The van der Waals surface area contributed by atoms with Crippen LogP contribution in [-0.4, -0.2) is 37.2 Å². The molecule has 0 spiro atoms. The van der Waals surface area contributed by atoms with Crippen molar-refractivity contribution in [2.24, 2.45) is 5.41 Å². The Labute approximate surface area is 188 Å². The summed E-state index contributed by atoms with van der Waals surface area (Å²) in [6.07, 6.45) is -8.49. The second-order valence-electron chi connectivity index (χ2n) is 7.25. The third-order valence-electron chi connectivity index (χ3n) is 4.94. The molecule has 1 saturated carbocycles. The molecule has 0 aliphatic heterocycles. The molecule has 15 heteroatoms. The molecule has 0 saturated heterocycles. The Bertz CT molecular complexity index is 1190. The fourth-order valence-electron chi connectivity index (χ4n) is 3.03. The van der Waals surface area contributed by atoms with Crippen molar-refractivity contribution in [3.8, 4) is 11.8 Å².